The van der Waals surface area contributed by atoms with Gasteiger partial charge in [0.1, 0.15) is 18.0 Å². The molecule has 1 unspecified atom stereocenters. The van der Waals surface area contributed by atoms with Crippen molar-refractivity contribution < 1.29 is 4.74 Å². The Morgan fingerprint density at radius 3 is 2.95 bits per heavy atom. The summed E-state index contributed by atoms with van der Waals surface area (Å²) in [6.07, 6.45) is 2.60. The van der Waals surface area contributed by atoms with Crippen LogP contribution in [-0.2, 0) is 4.74 Å². The van der Waals surface area contributed by atoms with Crippen molar-refractivity contribution >= 4 is 11.6 Å². The van der Waals surface area contributed by atoms with Gasteiger partial charge in [0.25, 0.3) is 0 Å². The number of hydrogen-bond donors (Lipinski definition) is 2. The van der Waals surface area contributed by atoms with E-state index in [0.29, 0.717) is 17.8 Å². The largest absolute Gasteiger partial charge is 0.377 e. The molecule has 1 aromatic heterocycles. The van der Waals surface area contributed by atoms with Gasteiger partial charge in [-0.25, -0.2) is 15.8 Å². The highest BCUT2D eigenvalue weighted by Crippen LogP contribution is 2.32. The van der Waals surface area contributed by atoms with Crippen molar-refractivity contribution in [1.82, 2.24) is 9.97 Å². The monoisotopic (exact) mass is 265 g/mol. The second-order valence-electron chi connectivity index (χ2n) is 5.09. The summed E-state index contributed by atoms with van der Waals surface area (Å²) in [6, 6.07) is 0.367. The third-order valence-electron chi connectivity index (χ3n) is 3.55. The summed E-state index contributed by atoms with van der Waals surface area (Å²) in [6.45, 7) is 8.78. The van der Waals surface area contributed by atoms with Crippen molar-refractivity contribution in [3.05, 3.63) is 11.9 Å². The van der Waals surface area contributed by atoms with Crippen LogP contribution in [0.3, 0.4) is 0 Å². The molecule has 1 aliphatic heterocycles. The molecule has 106 valence electrons. The fourth-order valence-electron chi connectivity index (χ4n) is 2.53. The van der Waals surface area contributed by atoms with E-state index >= 15 is 0 Å². The van der Waals surface area contributed by atoms with Crippen LogP contribution in [0.5, 0.6) is 0 Å². The molecule has 0 radical (unpaired) electrons. The molecule has 0 spiro atoms. The van der Waals surface area contributed by atoms with Gasteiger partial charge in [-0.15, -0.1) is 0 Å². The quantitative estimate of drug-likeness (QED) is 0.634. The summed E-state index contributed by atoms with van der Waals surface area (Å²) in [5.41, 5.74) is 3.75. The zero-order valence-corrected chi connectivity index (χ0v) is 11.9. The second-order valence-corrected chi connectivity index (χ2v) is 5.09. The molecule has 3 N–H and O–H groups in total. The lowest BCUT2D eigenvalue weighted by atomic mass is 10.0. The van der Waals surface area contributed by atoms with Crippen LogP contribution in [0, 0.1) is 0 Å². The fraction of sp³-hybridized carbons (Fsp3) is 0.692. The Hall–Kier alpha value is -1.40. The smallest absolute Gasteiger partial charge is 0.148 e. The third kappa shape index (κ3) is 2.79. The molecular formula is C13H23N5O. The number of nitrogens with zero attached hydrogens (tertiary/aromatic N) is 3. The first-order valence-corrected chi connectivity index (χ1v) is 6.84. The third-order valence-corrected chi connectivity index (χ3v) is 3.55. The lowest BCUT2D eigenvalue weighted by molar-refractivity contribution is 0.0924. The molecule has 1 aromatic rings. The summed E-state index contributed by atoms with van der Waals surface area (Å²) in [7, 11) is 0. The Balaban J connectivity index is 2.42. The van der Waals surface area contributed by atoms with Gasteiger partial charge in [0.05, 0.1) is 19.3 Å². The Morgan fingerprint density at radius 2 is 2.32 bits per heavy atom. The maximum Gasteiger partial charge on any atom is 0.148 e. The molecule has 2 heterocycles. The van der Waals surface area contributed by atoms with Crippen molar-refractivity contribution in [2.75, 3.05) is 30.1 Å². The number of hydrazine groups is 1. The van der Waals surface area contributed by atoms with E-state index in [9.17, 15) is 0 Å². The standard InChI is InChI=1S/C13H23N5O/c1-4-10-7-19-6-5-18(10)13-11(9(2)3)12(17-14)15-8-16-13/h8-10H,4-7,14H2,1-3H3,(H,15,16,17). The zero-order valence-electron chi connectivity index (χ0n) is 11.9. The van der Waals surface area contributed by atoms with E-state index in [1.807, 2.05) is 0 Å². The van der Waals surface area contributed by atoms with Crippen molar-refractivity contribution in [2.24, 2.45) is 5.84 Å². The fourth-order valence-corrected chi connectivity index (χ4v) is 2.53. The number of ether oxygens (including phenoxy) is 1. The highest BCUT2D eigenvalue weighted by Gasteiger charge is 2.27. The van der Waals surface area contributed by atoms with Gasteiger partial charge in [0.15, 0.2) is 0 Å². The van der Waals surface area contributed by atoms with Crippen molar-refractivity contribution in [3.8, 4) is 0 Å². The predicted molar refractivity (Wildman–Crippen MR) is 76.2 cm³/mol. The van der Waals surface area contributed by atoms with Crippen LogP contribution >= 0.6 is 0 Å². The number of morpholine rings is 1. The Kier molecular flexibility index (Phi) is 4.55. The minimum absolute atomic E-state index is 0.308. The van der Waals surface area contributed by atoms with Gasteiger partial charge in [0.2, 0.25) is 0 Å². The first kappa shape index (κ1) is 14.0. The van der Waals surface area contributed by atoms with Gasteiger partial charge in [0, 0.05) is 12.1 Å². The topological polar surface area (TPSA) is 76.3 Å². The maximum atomic E-state index is 5.57. The molecule has 6 nitrogen and oxygen atoms in total. The molecule has 1 saturated heterocycles. The van der Waals surface area contributed by atoms with Crippen LogP contribution in [-0.4, -0.2) is 35.8 Å². The summed E-state index contributed by atoms with van der Waals surface area (Å²) in [4.78, 5) is 11.0. The van der Waals surface area contributed by atoms with Gasteiger partial charge in [-0.2, -0.15) is 0 Å². The lowest BCUT2D eigenvalue weighted by Crippen LogP contribution is -2.46. The molecule has 0 saturated carbocycles. The van der Waals surface area contributed by atoms with Gasteiger partial charge in [-0.1, -0.05) is 20.8 Å². The molecule has 0 amide bonds. The van der Waals surface area contributed by atoms with Crippen LogP contribution < -0.4 is 16.2 Å². The maximum absolute atomic E-state index is 5.57. The number of nitrogens with one attached hydrogen (secondary N) is 1. The van der Waals surface area contributed by atoms with E-state index in [0.717, 1.165) is 37.6 Å². The minimum Gasteiger partial charge on any atom is -0.377 e. The molecule has 1 atom stereocenters. The van der Waals surface area contributed by atoms with E-state index in [1.54, 1.807) is 6.33 Å². The lowest BCUT2D eigenvalue weighted by Gasteiger charge is -2.37. The molecule has 19 heavy (non-hydrogen) atoms. The average molecular weight is 265 g/mol. The van der Waals surface area contributed by atoms with E-state index in [-0.39, 0.29) is 0 Å². The normalized spacial score (nSPS) is 19.8. The first-order chi connectivity index (χ1) is 9.19. The predicted octanol–water partition coefficient (Wildman–Crippen LogP) is 1.50. The molecule has 2 rings (SSSR count). The van der Waals surface area contributed by atoms with E-state index in [4.69, 9.17) is 10.6 Å². The number of rotatable bonds is 4. The van der Waals surface area contributed by atoms with E-state index < -0.39 is 0 Å². The van der Waals surface area contributed by atoms with Crippen LogP contribution in [0.2, 0.25) is 0 Å². The van der Waals surface area contributed by atoms with Crippen LogP contribution in [0.4, 0.5) is 11.6 Å². The van der Waals surface area contributed by atoms with Gasteiger partial charge < -0.3 is 15.1 Å². The molecular weight excluding hydrogens is 242 g/mol. The molecule has 6 heteroatoms. The first-order valence-electron chi connectivity index (χ1n) is 6.84. The summed E-state index contributed by atoms with van der Waals surface area (Å²) in [5.74, 6) is 7.57. The van der Waals surface area contributed by atoms with Crippen molar-refractivity contribution in [2.45, 2.75) is 39.2 Å². The summed E-state index contributed by atoms with van der Waals surface area (Å²) >= 11 is 0. The number of anilines is 2. The Morgan fingerprint density at radius 1 is 1.53 bits per heavy atom. The van der Waals surface area contributed by atoms with Crippen LogP contribution in [0.25, 0.3) is 0 Å². The highest BCUT2D eigenvalue weighted by atomic mass is 16.5. The van der Waals surface area contributed by atoms with E-state index in [2.05, 4.69) is 41.1 Å². The average Bonchev–Trinajstić information content (AvgIpc) is 2.46. The molecule has 0 aliphatic carbocycles. The molecule has 1 aliphatic rings. The van der Waals surface area contributed by atoms with Crippen molar-refractivity contribution in [3.63, 3.8) is 0 Å². The second kappa shape index (κ2) is 6.16. The van der Waals surface area contributed by atoms with Gasteiger partial charge >= 0.3 is 0 Å². The van der Waals surface area contributed by atoms with Crippen LogP contribution in [0.1, 0.15) is 38.7 Å². The zero-order chi connectivity index (χ0) is 13.8. The van der Waals surface area contributed by atoms with Gasteiger partial charge in [-0.05, 0) is 12.3 Å². The number of hydrogen-bond acceptors (Lipinski definition) is 6. The van der Waals surface area contributed by atoms with Gasteiger partial charge in [-0.3, -0.25) is 0 Å². The Bertz CT molecular complexity index is 423. The number of nitrogen functional groups attached to an aromatic ring is 1. The van der Waals surface area contributed by atoms with Crippen LogP contribution in [0.15, 0.2) is 6.33 Å². The summed E-state index contributed by atoms with van der Waals surface area (Å²) in [5, 5.41) is 0. The minimum atomic E-state index is 0.308. The van der Waals surface area contributed by atoms with E-state index in [1.165, 1.54) is 0 Å². The summed E-state index contributed by atoms with van der Waals surface area (Å²) < 4.78 is 5.56. The van der Waals surface area contributed by atoms with Crippen molar-refractivity contribution in [1.29, 1.82) is 0 Å². The SMILES string of the molecule is CCC1COCCN1c1ncnc(NN)c1C(C)C. The molecule has 0 bridgehead atoms. The highest BCUT2D eigenvalue weighted by molar-refractivity contribution is 5.60. The number of nitrogens with two attached hydrogens (primary N) is 1. The molecule has 0 aromatic carbocycles. The number of aromatic nitrogens is 2. The molecule has 1 fully saturated rings. The Labute approximate surface area is 114 Å².